The Morgan fingerprint density at radius 2 is 2.17 bits per heavy atom. The van der Waals surface area contributed by atoms with Gasteiger partial charge in [-0.15, -0.1) is 0 Å². The first-order chi connectivity index (χ1) is 8.45. The van der Waals surface area contributed by atoms with Crippen LogP contribution in [-0.2, 0) is 11.3 Å². The third-order valence-corrected chi connectivity index (χ3v) is 3.18. The number of halogens is 1. The third-order valence-electron chi connectivity index (χ3n) is 2.89. The molecular weight excluding hydrogens is 252 g/mol. The SMILES string of the molecule is COc1ccc(CNC(=O)C(C)C(C)N)cc1Cl. The average molecular weight is 271 g/mol. The molecule has 2 atom stereocenters. The first-order valence-electron chi connectivity index (χ1n) is 5.81. The van der Waals surface area contributed by atoms with Gasteiger partial charge in [0.2, 0.25) is 5.91 Å². The predicted molar refractivity (Wildman–Crippen MR) is 72.7 cm³/mol. The molecule has 3 N–H and O–H groups in total. The number of hydrogen-bond donors (Lipinski definition) is 2. The van der Waals surface area contributed by atoms with Gasteiger partial charge in [0.25, 0.3) is 0 Å². The van der Waals surface area contributed by atoms with E-state index in [1.807, 2.05) is 13.0 Å². The molecular formula is C13H19ClN2O2. The van der Waals surface area contributed by atoms with Crippen LogP contribution in [0.2, 0.25) is 5.02 Å². The van der Waals surface area contributed by atoms with Crippen LogP contribution < -0.4 is 15.8 Å². The van der Waals surface area contributed by atoms with Crippen LogP contribution in [0.15, 0.2) is 18.2 Å². The maximum atomic E-state index is 11.7. The fraction of sp³-hybridized carbons (Fsp3) is 0.462. The van der Waals surface area contributed by atoms with Crippen molar-refractivity contribution in [3.8, 4) is 5.75 Å². The van der Waals surface area contributed by atoms with E-state index in [9.17, 15) is 4.79 Å². The summed E-state index contributed by atoms with van der Waals surface area (Å²) in [6, 6.07) is 5.25. The lowest BCUT2D eigenvalue weighted by molar-refractivity contribution is -0.125. The zero-order valence-corrected chi connectivity index (χ0v) is 11.6. The second-order valence-corrected chi connectivity index (χ2v) is 4.74. The molecule has 0 aliphatic heterocycles. The highest BCUT2D eigenvalue weighted by Crippen LogP contribution is 2.24. The van der Waals surface area contributed by atoms with Gasteiger partial charge in [0.05, 0.1) is 12.1 Å². The second-order valence-electron chi connectivity index (χ2n) is 4.33. The van der Waals surface area contributed by atoms with Crippen molar-refractivity contribution >= 4 is 17.5 Å². The van der Waals surface area contributed by atoms with Crippen molar-refractivity contribution in [2.45, 2.75) is 26.4 Å². The lowest BCUT2D eigenvalue weighted by Gasteiger charge is -2.15. The van der Waals surface area contributed by atoms with Gasteiger partial charge in [0.1, 0.15) is 5.75 Å². The molecule has 18 heavy (non-hydrogen) atoms. The Balaban J connectivity index is 2.59. The van der Waals surface area contributed by atoms with E-state index in [1.165, 1.54) is 0 Å². The van der Waals surface area contributed by atoms with Crippen LogP contribution in [0.3, 0.4) is 0 Å². The van der Waals surface area contributed by atoms with Crippen molar-refractivity contribution < 1.29 is 9.53 Å². The minimum atomic E-state index is -0.210. The van der Waals surface area contributed by atoms with Gasteiger partial charge in [-0.2, -0.15) is 0 Å². The van der Waals surface area contributed by atoms with Crippen LogP contribution in [-0.4, -0.2) is 19.1 Å². The van der Waals surface area contributed by atoms with Crippen molar-refractivity contribution in [2.24, 2.45) is 11.7 Å². The standard InChI is InChI=1S/C13H19ClN2O2/c1-8(9(2)15)13(17)16-7-10-4-5-12(18-3)11(14)6-10/h4-6,8-9H,7,15H2,1-3H3,(H,16,17). The van der Waals surface area contributed by atoms with Crippen molar-refractivity contribution in [2.75, 3.05) is 7.11 Å². The highest BCUT2D eigenvalue weighted by Gasteiger charge is 2.16. The number of ether oxygens (including phenoxy) is 1. The van der Waals surface area contributed by atoms with Gasteiger partial charge in [-0.25, -0.2) is 0 Å². The Hall–Kier alpha value is -1.26. The number of rotatable bonds is 5. The monoisotopic (exact) mass is 270 g/mol. The molecule has 0 saturated heterocycles. The van der Waals surface area contributed by atoms with Crippen LogP contribution >= 0.6 is 11.6 Å². The third kappa shape index (κ3) is 3.89. The summed E-state index contributed by atoms with van der Waals surface area (Å²) in [5.74, 6) is 0.353. The zero-order chi connectivity index (χ0) is 13.7. The summed E-state index contributed by atoms with van der Waals surface area (Å²) in [4.78, 5) is 11.7. The number of methoxy groups -OCH3 is 1. The fourth-order valence-corrected chi connectivity index (χ4v) is 1.69. The van der Waals surface area contributed by atoms with E-state index in [-0.39, 0.29) is 17.9 Å². The summed E-state index contributed by atoms with van der Waals surface area (Å²) in [5.41, 5.74) is 6.59. The largest absolute Gasteiger partial charge is 0.495 e. The summed E-state index contributed by atoms with van der Waals surface area (Å²) >= 11 is 6.00. The number of hydrogen-bond acceptors (Lipinski definition) is 3. The molecule has 0 radical (unpaired) electrons. The predicted octanol–water partition coefficient (Wildman–Crippen LogP) is 1.95. The molecule has 0 bridgehead atoms. The summed E-state index contributed by atoms with van der Waals surface area (Å²) in [7, 11) is 1.56. The quantitative estimate of drug-likeness (QED) is 0.860. The summed E-state index contributed by atoms with van der Waals surface area (Å²) in [6.45, 7) is 4.05. The van der Waals surface area contributed by atoms with Crippen molar-refractivity contribution in [1.29, 1.82) is 0 Å². The Morgan fingerprint density at radius 1 is 1.50 bits per heavy atom. The minimum Gasteiger partial charge on any atom is -0.495 e. The molecule has 0 aliphatic rings. The zero-order valence-electron chi connectivity index (χ0n) is 10.9. The molecule has 0 aliphatic carbocycles. The molecule has 1 amide bonds. The van der Waals surface area contributed by atoms with Crippen LogP contribution in [0.4, 0.5) is 0 Å². The van der Waals surface area contributed by atoms with E-state index in [4.69, 9.17) is 22.1 Å². The highest BCUT2D eigenvalue weighted by molar-refractivity contribution is 6.32. The molecule has 0 fully saturated rings. The van der Waals surface area contributed by atoms with E-state index in [2.05, 4.69) is 5.32 Å². The molecule has 1 aromatic carbocycles. The Kier molecular flexibility index (Phi) is 5.44. The molecule has 0 aromatic heterocycles. The Morgan fingerprint density at radius 3 is 2.67 bits per heavy atom. The van der Waals surface area contributed by atoms with Crippen molar-refractivity contribution in [3.63, 3.8) is 0 Å². The molecule has 0 saturated carbocycles. The van der Waals surface area contributed by atoms with Crippen molar-refractivity contribution in [3.05, 3.63) is 28.8 Å². The lowest BCUT2D eigenvalue weighted by Crippen LogP contribution is -2.38. The van der Waals surface area contributed by atoms with Crippen LogP contribution in [0, 0.1) is 5.92 Å². The van der Waals surface area contributed by atoms with Gasteiger partial charge < -0.3 is 15.8 Å². The van der Waals surface area contributed by atoms with E-state index < -0.39 is 0 Å². The number of carbonyl (C=O) groups excluding carboxylic acids is 1. The number of amides is 1. The number of nitrogens with one attached hydrogen (secondary N) is 1. The Bertz CT molecular complexity index is 421. The maximum Gasteiger partial charge on any atom is 0.224 e. The number of nitrogens with two attached hydrogens (primary N) is 1. The number of benzene rings is 1. The topological polar surface area (TPSA) is 64.3 Å². The van der Waals surface area contributed by atoms with E-state index in [1.54, 1.807) is 26.2 Å². The van der Waals surface area contributed by atoms with Gasteiger partial charge in [0.15, 0.2) is 0 Å². The lowest BCUT2D eigenvalue weighted by atomic mass is 10.0. The van der Waals surface area contributed by atoms with E-state index >= 15 is 0 Å². The fourth-order valence-electron chi connectivity index (χ4n) is 1.41. The molecule has 2 unspecified atom stereocenters. The molecule has 1 aromatic rings. The summed E-state index contributed by atoms with van der Waals surface area (Å²) in [5, 5.41) is 3.36. The normalized spacial score (nSPS) is 13.8. The molecule has 0 spiro atoms. The van der Waals surface area contributed by atoms with Gasteiger partial charge in [0, 0.05) is 18.5 Å². The smallest absolute Gasteiger partial charge is 0.224 e. The molecule has 0 heterocycles. The summed E-state index contributed by atoms with van der Waals surface area (Å²) < 4.78 is 5.06. The van der Waals surface area contributed by atoms with Gasteiger partial charge in [-0.3, -0.25) is 4.79 Å². The van der Waals surface area contributed by atoms with Gasteiger partial charge in [-0.05, 0) is 24.6 Å². The van der Waals surface area contributed by atoms with Crippen molar-refractivity contribution in [1.82, 2.24) is 5.32 Å². The van der Waals surface area contributed by atoms with Gasteiger partial charge >= 0.3 is 0 Å². The second kappa shape index (κ2) is 6.61. The molecule has 4 nitrogen and oxygen atoms in total. The first kappa shape index (κ1) is 14.8. The van der Waals surface area contributed by atoms with Crippen LogP contribution in [0.25, 0.3) is 0 Å². The number of carbonyl (C=O) groups is 1. The van der Waals surface area contributed by atoms with Crippen LogP contribution in [0.1, 0.15) is 19.4 Å². The summed E-state index contributed by atoms with van der Waals surface area (Å²) in [6.07, 6.45) is 0. The maximum absolute atomic E-state index is 11.7. The average Bonchev–Trinajstić information content (AvgIpc) is 2.35. The highest BCUT2D eigenvalue weighted by atomic mass is 35.5. The minimum absolute atomic E-state index is 0.0584. The van der Waals surface area contributed by atoms with E-state index in [0.717, 1.165) is 5.56 Å². The molecule has 1 rings (SSSR count). The molecule has 100 valence electrons. The van der Waals surface area contributed by atoms with Crippen LogP contribution in [0.5, 0.6) is 5.75 Å². The van der Waals surface area contributed by atoms with Gasteiger partial charge in [-0.1, -0.05) is 24.6 Å². The first-order valence-corrected chi connectivity index (χ1v) is 6.19. The molecule has 5 heteroatoms. The van der Waals surface area contributed by atoms with E-state index in [0.29, 0.717) is 17.3 Å². The Labute approximate surface area is 112 Å².